The van der Waals surface area contributed by atoms with Crippen molar-refractivity contribution in [2.45, 2.75) is 27.3 Å². The molecule has 0 radical (unpaired) electrons. The van der Waals surface area contributed by atoms with E-state index in [1.807, 2.05) is 24.6 Å². The molecule has 1 amide bonds. The third-order valence-electron chi connectivity index (χ3n) is 3.94. The lowest BCUT2D eigenvalue weighted by atomic mass is 10.1. The van der Waals surface area contributed by atoms with E-state index < -0.39 is 0 Å². The van der Waals surface area contributed by atoms with Crippen molar-refractivity contribution in [2.75, 3.05) is 5.32 Å². The Morgan fingerprint density at radius 3 is 2.48 bits per heavy atom. The van der Waals surface area contributed by atoms with Gasteiger partial charge in [-0.1, -0.05) is 29.8 Å². The Morgan fingerprint density at radius 1 is 1.20 bits per heavy atom. The second kappa shape index (κ2) is 7.43. The number of hydrogen-bond donors (Lipinski definition) is 1. The first kappa shape index (κ1) is 18.4. The largest absolute Gasteiger partial charge is 0.318 e. The van der Waals surface area contributed by atoms with E-state index in [1.165, 1.54) is 22.5 Å². The van der Waals surface area contributed by atoms with Gasteiger partial charge < -0.3 is 5.32 Å². The standard InChI is InChI=1S/C18H17Br2N3OS/c1-10-4-6-13(7-5-10)9-23-12(3)16(11(2)22-23)21-18(24)15-8-14(19)17(20)25-15/h4-8H,9H2,1-3H3,(H,21,24). The summed E-state index contributed by atoms with van der Waals surface area (Å²) in [6.07, 6.45) is 0. The van der Waals surface area contributed by atoms with Crippen LogP contribution in [-0.4, -0.2) is 15.7 Å². The summed E-state index contributed by atoms with van der Waals surface area (Å²) >= 11 is 8.23. The quantitative estimate of drug-likeness (QED) is 0.518. The van der Waals surface area contributed by atoms with Gasteiger partial charge in [0.25, 0.3) is 5.91 Å². The number of aromatic nitrogens is 2. The molecule has 1 N–H and O–H groups in total. The van der Waals surface area contributed by atoms with E-state index in [0.29, 0.717) is 11.4 Å². The van der Waals surface area contributed by atoms with Crippen molar-refractivity contribution in [3.63, 3.8) is 0 Å². The minimum Gasteiger partial charge on any atom is -0.318 e. The topological polar surface area (TPSA) is 46.9 Å². The summed E-state index contributed by atoms with van der Waals surface area (Å²) in [5.41, 5.74) is 4.95. The van der Waals surface area contributed by atoms with Crippen LogP contribution in [0.25, 0.3) is 0 Å². The van der Waals surface area contributed by atoms with E-state index in [9.17, 15) is 4.79 Å². The number of amides is 1. The van der Waals surface area contributed by atoms with Crippen LogP contribution in [0.1, 0.15) is 32.2 Å². The number of rotatable bonds is 4. The zero-order valence-corrected chi connectivity index (χ0v) is 18.0. The van der Waals surface area contributed by atoms with Crippen LogP contribution in [0.4, 0.5) is 5.69 Å². The summed E-state index contributed by atoms with van der Waals surface area (Å²) in [5, 5.41) is 7.58. The molecule has 0 fully saturated rings. The first-order valence-electron chi connectivity index (χ1n) is 7.71. The van der Waals surface area contributed by atoms with Gasteiger partial charge in [-0.3, -0.25) is 9.48 Å². The fraction of sp³-hybridized carbons (Fsp3) is 0.222. The Balaban J connectivity index is 1.81. The zero-order chi connectivity index (χ0) is 18.1. The lowest BCUT2D eigenvalue weighted by Crippen LogP contribution is -2.12. The Morgan fingerprint density at radius 2 is 1.88 bits per heavy atom. The van der Waals surface area contributed by atoms with Gasteiger partial charge in [-0.2, -0.15) is 5.10 Å². The monoisotopic (exact) mass is 481 g/mol. The summed E-state index contributed by atoms with van der Waals surface area (Å²) < 4.78 is 3.71. The molecule has 25 heavy (non-hydrogen) atoms. The Hall–Kier alpha value is -1.44. The van der Waals surface area contributed by atoms with Crippen LogP contribution in [0, 0.1) is 20.8 Å². The summed E-state index contributed by atoms with van der Waals surface area (Å²) in [5.74, 6) is -0.127. The average molecular weight is 483 g/mol. The number of anilines is 1. The molecule has 4 nitrogen and oxygen atoms in total. The maximum absolute atomic E-state index is 12.5. The summed E-state index contributed by atoms with van der Waals surface area (Å²) in [6, 6.07) is 10.2. The van der Waals surface area contributed by atoms with Gasteiger partial charge in [0.05, 0.1) is 32.3 Å². The number of carbonyl (C=O) groups is 1. The summed E-state index contributed by atoms with van der Waals surface area (Å²) in [4.78, 5) is 13.2. The van der Waals surface area contributed by atoms with Crippen molar-refractivity contribution in [1.82, 2.24) is 9.78 Å². The van der Waals surface area contributed by atoms with Gasteiger partial charge >= 0.3 is 0 Å². The molecule has 0 aliphatic heterocycles. The van der Waals surface area contributed by atoms with Crippen molar-refractivity contribution >= 4 is 54.8 Å². The third kappa shape index (κ3) is 4.04. The SMILES string of the molecule is Cc1ccc(Cn2nc(C)c(NC(=O)c3cc(Br)c(Br)s3)c2C)cc1. The first-order valence-corrected chi connectivity index (χ1v) is 10.1. The predicted octanol–water partition coefficient (Wildman–Crippen LogP) is 5.70. The molecule has 0 saturated carbocycles. The van der Waals surface area contributed by atoms with Crippen molar-refractivity contribution in [2.24, 2.45) is 0 Å². The number of carbonyl (C=O) groups excluding carboxylic acids is 1. The smallest absolute Gasteiger partial charge is 0.265 e. The van der Waals surface area contributed by atoms with Gasteiger partial charge in [0.15, 0.2) is 0 Å². The number of thiophene rings is 1. The maximum atomic E-state index is 12.5. The molecular weight excluding hydrogens is 466 g/mol. The van der Waals surface area contributed by atoms with Crippen molar-refractivity contribution in [3.05, 3.63) is 66.0 Å². The van der Waals surface area contributed by atoms with Gasteiger partial charge in [0, 0.05) is 4.47 Å². The minimum atomic E-state index is -0.127. The van der Waals surface area contributed by atoms with Crippen LogP contribution in [0.2, 0.25) is 0 Å². The predicted molar refractivity (Wildman–Crippen MR) is 110 cm³/mol. The van der Waals surface area contributed by atoms with Crippen molar-refractivity contribution in [3.8, 4) is 0 Å². The highest BCUT2D eigenvalue weighted by Gasteiger charge is 2.17. The molecule has 2 aromatic heterocycles. The second-order valence-electron chi connectivity index (χ2n) is 5.88. The second-order valence-corrected chi connectivity index (χ2v) is 9.10. The normalized spacial score (nSPS) is 10.9. The van der Waals surface area contributed by atoms with Crippen molar-refractivity contribution < 1.29 is 4.79 Å². The van der Waals surface area contributed by atoms with Crippen molar-refractivity contribution in [1.29, 1.82) is 0 Å². The van der Waals surface area contributed by atoms with Crippen LogP contribution >= 0.6 is 43.2 Å². The molecule has 0 saturated heterocycles. The number of nitrogens with one attached hydrogen (secondary N) is 1. The number of hydrogen-bond acceptors (Lipinski definition) is 3. The highest BCUT2D eigenvalue weighted by Crippen LogP contribution is 2.33. The van der Waals surface area contributed by atoms with Crippen LogP contribution < -0.4 is 5.32 Å². The van der Waals surface area contributed by atoms with E-state index in [0.717, 1.165) is 25.3 Å². The van der Waals surface area contributed by atoms with E-state index in [2.05, 4.69) is 73.5 Å². The highest BCUT2D eigenvalue weighted by molar-refractivity contribution is 9.13. The minimum absolute atomic E-state index is 0.127. The third-order valence-corrected chi connectivity index (χ3v) is 7.20. The van der Waals surface area contributed by atoms with Crippen LogP contribution in [0.15, 0.2) is 38.6 Å². The Labute approximate surface area is 167 Å². The van der Waals surface area contributed by atoms with E-state index in [1.54, 1.807) is 0 Å². The molecule has 0 atom stereocenters. The molecular formula is C18H17Br2N3OS. The van der Waals surface area contributed by atoms with E-state index >= 15 is 0 Å². The Kier molecular flexibility index (Phi) is 5.46. The molecule has 0 aliphatic rings. The Bertz CT molecular complexity index is 909. The zero-order valence-electron chi connectivity index (χ0n) is 14.1. The van der Waals surface area contributed by atoms with Crippen LogP contribution in [0.3, 0.4) is 0 Å². The fourth-order valence-corrected chi connectivity index (χ4v) is 4.46. The lowest BCUT2D eigenvalue weighted by Gasteiger charge is -2.07. The molecule has 1 aromatic carbocycles. The number of aryl methyl sites for hydroxylation is 2. The summed E-state index contributed by atoms with van der Waals surface area (Å²) in [7, 11) is 0. The molecule has 3 rings (SSSR count). The van der Waals surface area contributed by atoms with E-state index in [4.69, 9.17) is 0 Å². The van der Waals surface area contributed by atoms with E-state index in [-0.39, 0.29) is 5.91 Å². The van der Waals surface area contributed by atoms with Gasteiger partial charge in [0.1, 0.15) is 0 Å². The van der Waals surface area contributed by atoms with Gasteiger partial charge in [0.2, 0.25) is 0 Å². The van der Waals surface area contributed by atoms with Crippen LogP contribution in [-0.2, 0) is 6.54 Å². The first-order chi connectivity index (χ1) is 11.8. The molecule has 0 aliphatic carbocycles. The summed E-state index contributed by atoms with van der Waals surface area (Å²) in [6.45, 7) is 6.64. The molecule has 0 bridgehead atoms. The number of nitrogens with zero attached hydrogens (tertiary/aromatic N) is 2. The molecule has 3 aromatic rings. The van der Waals surface area contributed by atoms with Gasteiger partial charge in [-0.25, -0.2) is 0 Å². The maximum Gasteiger partial charge on any atom is 0.265 e. The molecule has 130 valence electrons. The lowest BCUT2D eigenvalue weighted by molar-refractivity contribution is 0.103. The molecule has 7 heteroatoms. The van der Waals surface area contributed by atoms with Gasteiger partial charge in [-0.15, -0.1) is 11.3 Å². The van der Waals surface area contributed by atoms with Gasteiger partial charge in [-0.05, 0) is 64.3 Å². The molecule has 2 heterocycles. The number of halogens is 2. The fourth-order valence-electron chi connectivity index (χ4n) is 2.53. The highest BCUT2D eigenvalue weighted by atomic mass is 79.9. The molecule has 0 unspecified atom stereocenters. The van der Waals surface area contributed by atoms with Crippen LogP contribution in [0.5, 0.6) is 0 Å². The number of benzene rings is 1. The average Bonchev–Trinajstić information content (AvgIpc) is 3.04. The molecule has 0 spiro atoms.